The van der Waals surface area contributed by atoms with Crippen LogP contribution in [0.2, 0.25) is 0 Å². The smallest absolute Gasteiger partial charge is 0.282 e. The van der Waals surface area contributed by atoms with Gasteiger partial charge in [-0.25, -0.2) is 13.4 Å². The minimum atomic E-state index is -3.25. The van der Waals surface area contributed by atoms with Crippen LogP contribution in [0.15, 0.2) is 24.3 Å². The maximum atomic E-state index is 12.6. The van der Waals surface area contributed by atoms with E-state index in [4.69, 9.17) is 0 Å². The first-order valence-electron chi connectivity index (χ1n) is 7.53. The monoisotopic (exact) mass is 353 g/mol. The summed E-state index contributed by atoms with van der Waals surface area (Å²) in [5.41, 5.74) is 0.821. The number of hydrogen-bond acceptors (Lipinski definition) is 5. The molecule has 1 aliphatic heterocycles. The number of hydrogen-bond donors (Lipinski definition) is 0. The number of benzene rings is 1. The molecule has 1 aromatic heterocycles. The molecule has 0 bridgehead atoms. The highest BCUT2D eigenvalue weighted by molar-refractivity contribution is 7.89. The SMILES string of the molecule is CC(C)S(=O)(=O)N1CCN(C(=O)c2nc3ccccc3s2)CC1. The topological polar surface area (TPSA) is 70.6 Å². The van der Waals surface area contributed by atoms with Gasteiger partial charge in [-0.05, 0) is 26.0 Å². The number of piperazine rings is 1. The lowest BCUT2D eigenvalue weighted by Crippen LogP contribution is -2.51. The Labute approximate surface area is 139 Å². The van der Waals surface area contributed by atoms with Gasteiger partial charge in [-0.3, -0.25) is 4.79 Å². The quantitative estimate of drug-likeness (QED) is 0.843. The van der Waals surface area contributed by atoms with Gasteiger partial charge >= 0.3 is 0 Å². The third kappa shape index (κ3) is 3.11. The van der Waals surface area contributed by atoms with Gasteiger partial charge in [0.2, 0.25) is 10.0 Å². The maximum Gasteiger partial charge on any atom is 0.282 e. The van der Waals surface area contributed by atoms with Gasteiger partial charge in [-0.1, -0.05) is 12.1 Å². The van der Waals surface area contributed by atoms with Crippen molar-refractivity contribution in [2.75, 3.05) is 26.2 Å². The van der Waals surface area contributed by atoms with Crippen molar-refractivity contribution in [3.05, 3.63) is 29.3 Å². The van der Waals surface area contributed by atoms with E-state index >= 15 is 0 Å². The third-order valence-electron chi connectivity index (χ3n) is 3.96. The van der Waals surface area contributed by atoms with Gasteiger partial charge in [0, 0.05) is 26.2 Å². The van der Waals surface area contributed by atoms with E-state index in [2.05, 4.69) is 4.98 Å². The fourth-order valence-corrected chi connectivity index (χ4v) is 4.74. The molecule has 0 radical (unpaired) electrons. The number of nitrogens with zero attached hydrogens (tertiary/aromatic N) is 3. The lowest BCUT2D eigenvalue weighted by atomic mass is 10.3. The van der Waals surface area contributed by atoms with E-state index < -0.39 is 15.3 Å². The molecule has 2 aromatic rings. The van der Waals surface area contributed by atoms with Gasteiger partial charge in [0.15, 0.2) is 5.01 Å². The van der Waals surface area contributed by atoms with Crippen molar-refractivity contribution in [1.29, 1.82) is 0 Å². The molecule has 0 atom stereocenters. The molecule has 0 saturated carbocycles. The average molecular weight is 353 g/mol. The number of sulfonamides is 1. The molecule has 8 heteroatoms. The Morgan fingerprint density at radius 3 is 2.43 bits per heavy atom. The summed E-state index contributed by atoms with van der Waals surface area (Å²) in [4.78, 5) is 18.6. The molecule has 124 valence electrons. The van der Waals surface area contributed by atoms with Gasteiger partial charge in [0.05, 0.1) is 15.5 Å². The van der Waals surface area contributed by atoms with E-state index in [0.717, 1.165) is 10.2 Å². The highest BCUT2D eigenvalue weighted by Crippen LogP contribution is 2.23. The molecule has 0 aliphatic carbocycles. The van der Waals surface area contributed by atoms with E-state index in [1.807, 2.05) is 24.3 Å². The van der Waals surface area contributed by atoms with Crippen molar-refractivity contribution in [2.45, 2.75) is 19.1 Å². The molecule has 1 fully saturated rings. The standard InChI is InChI=1S/C15H19N3O3S2/c1-11(2)23(20,21)18-9-7-17(8-10-18)15(19)14-16-12-5-3-4-6-13(12)22-14/h3-6,11H,7-10H2,1-2H3. The summed E-state index contributed by atoms with van der Waals surface area (Å²) in [5, 5.41) is 0.0281. The lowest BCUT2D eigenvalue weighted by molar-refractivity contribution is 0.0697. The van der Waals surface area contributed by atoms with Gasteiger partial charge in [0.1, 0.15) is 0 Å². The van der Waals surface area contributed by atoms with Crippen LogP contribution in [0.25, 0.3) is 10.2 Å². The van der Waals surface area contributed by atoms with Crippen LogP contribution in [0.5, 0.6) is 0 Å². The first kappa shape index (κ1) is 16.4. The Bertz CT molecular complexity index is 788. The summed E-state index contributed by atoms with van der Waals surface area (Å²) in [6.45, 7) is 4.84. The molecule has 2 heterocycles. The number of thiazole rings is 1. The van der Waals surface area contributed by atoms with Gasteiger partial charge < -0.3 is 4.90 Å². The minimum absolute atomic E-state index is 0.118. The number of fused-ring (bicyclic) bond motifs is 1. The zero-order valence-corrected chi connectivity index (χ0v) is 14.7. The van der Waals surface area contributed by atoms with E-state index in [9.17, 15) is 13.2 Å². The predicted octanol–water partition coefficient (Wildman–Crippen LogP) is 1.79. The van der Waals surface area contributed by atoms with Gasteiger partial charge in [-0.15, -0.1) is 11.3 Å². The first-order chi connectivity index (χ1) is 10.9. The molecule has 0 unspecified atom stereocenters. The second-order valence-corrected chi connectivity index (χ2v) is 9.29. The first-order valence-corrected chi connectivity index (χ1v) is 9.85. The van der Waals surface area contributed by atoms with Crippen molar-refractivity contribution in [2.24, 2.45) is 0 Å². The summed E-state index contributed by atoms with van der Waals surface area (Å²) < 4.78 is 26.8. The van der Waals surface area contributed by atoms with E-state index in [-0.39, 0.29) is 5.91 Å². The highest BCUT2D eigenvalue weighted by Gasteiger charge is 2.31. The van der Waals surface area contributed by atoms with Gasteiger partial charge in [0.25, 0.3) is 5.91 Å². The summed E-state index contributed by atoms with van der Waals surface area (Å²) in [5.74, 6) is -0.118. The number of para-hydroxylation sites is 1. The molecular weight excluding hydrogens is 334 g/mol. The number of amides is 1. The van der Waals surface area contributed by atoms with Crippen molar-refractivity contribution in [1.82, 2.24) is 14.2 Å². The van der Waals surface area contributed by atoms with Crippen LogP contribution in [0.4, 0.5) is 0 Å². The number of carbonyl (C=O) groups is 1. The second-order valence-electron chi connectivity index (χ2n) is 5.77. The highest BCUT2D eigenvalue weighted by atomic mass is 32.2. The van der Waals surface area contributed by atoms with Gasteiger partial charge in [-0.2, -0.15) is 4.31 Å². The van der Waals surface area contributed by atoms with Crippen LogP contribution in [-0.4, -0.2) is 59.9 Å². The molecule has 6 nitrogen and oxygen atoms in total. The number of rotatable bonds is 3. The fourth-order valence-electron chi connectivity index (χ4n) is 2.54. The molecule has 1 aromatic carbocycles. The van der Waals surface area contributed by atoms with Crippen LogP contribution in [0.3, 0.4) is 0 Å². The predicted molar refractivity (Wildman–Crippen MR) is 91.2 cm³/mol. The lowest BCUT2D eigenvalue weighted by Gasteiger charge is -2.34. The van der Waals surface area contributed by atoms with E-state index in [0.29, 0.717) is 31.2 Å². The molecule has 0 N–H and O–H groups in total. The van der Waals surface area contributed by atoms with Crippen molar-refractivity contribution in [3.63, 3.8) is 0 Å². The molecule has 3 rings (SSSR count). The summed E-state index contributed by atoms with van der Waals surface area (Å²) in [6, 6.07) is 7.64. The van der Waals surface area contributed by atoms with Crippen LogP contribution in [0.1, 0.15) is 23.6 Å². The molecule has 1 amide bonds. The fraction of sp³-hybridized carbons (Fsp3) is 0.467. The molecule has 1 saturated heterocycles. The number of aromatic nitrogens is 1. The maximum absolute atomic E-state index is 12.6. The zero-order valence-electron chi connectivity index (χ0n) is 13.1. The Morgan fingerprint density at radius 1 is 1.17 bits per heavy atom. The van der Waals surface area contributed by atoms with E-state index in [1.165, 1.54) is 15.6 Å². The minimum Gasteiger partial charge on any atom is -0.334 e. The van der Waals surface area contributed by atoms with Crippen molar-refractivity contribution < 1.29 is 13.2 Å². The molecule has 0 spiro atoms. The molecule has 23 heavy (non-hydrogen) atoms. The van der Waals surface area contributed by atoms with Crippen molar-refractivity contribution >= 4 is 37.5 Å². The van der Waals surface area contributed by atoms with E-state index in [1.54, 1.807) is 18.7 Å². The molecule has 1 aliphatic rings. The Balaban J connectivity index is 1.71. The van der Waals surface area contributed by atoms with Crippen LogP contribution in [0, 0.1) is 0 Å². The summed E-state index contributed by atoms with van der Waals surface area (Å²) in [6.07, 6.45) is 0. The van der Waals surface area contributed by atoms with Crippen molar-refractivity contribution in [3.8, 4) is 0 Å². The van der Waals surface area contributed by atoms with Crippen LogP contribution < -0.4 is 0 Å². The Hall–Kier alpha value is -1.51. The average Bonchev–Trinajstić information content (AvgIpc) is 2.98. The zero-order chi connectivity index (χ0) is 16.6. The number of carbonyl (C=O) groups excluding carboxylic acids is 1. The summed E-state index contributed by atoms with van der Waals surface area (Å²) >= 11 is 1.38. The second kappa shape index (κ2) is 6.18. The van der Waals surface area contributed by atoms with Crippen LogP contribution in [-0.2, 0) is 10.0 Å². The Kier molecular flexibility index (Phi) is 4.39. The Morgan fingerprint density at radius 2 is 1.83 bits per heavy atom. The third-order valence-corrected chi connectivity index (χ3v) is 7.26. The molecular formula is C15H19N3O3S2. The summed E-state index contributed by atoms with van der Waals surface area (Å²) in [7, 11) is -3.25. The van der Waals surface area contributed by atoms with Crippen LogP contribution >= 0.6 is 11.3 Å². The normalized spacial score (nSPS) is 17.1. The largest absolute Gasteiger partial charge is 0.334 e.